The van der Waals surface area contributed by atoms with Gasteiger partial charge in [-0.25, -0.2) is 0 Å². The highest BCUT2D eigenvalue weighted by Crippen LogP contribution is 2.50. The summed E-state index contributed by atoms with van der Waals surface area (Å²) in [5.41, 5.74) is 13.2. The van der Waals surface area contributed by atoms with Crippen LogP contribution >= 0.6 is 0 Å². The molecule has 0 saturated carbocycles. The van der Waals surface area contributed by atoms with Crippen LogP contribution in [0, 0.1) is 0 Å². The molecular formula is C44H25NO. The van der Waals surface area contributed by atoms with Crippen LogP contribution in [0.4, 0.5) is 0 Å². The summed E-state index contributed by atoms with van der Waals surface area (Å²) in [6.45, 7) is 0. The summed E-state index contributed by atoms with van der Waals surface area (Å²) in [6.07, 6.45) is 0. The number of benzene rings is 8. The van der Waals surface area contributed by atoms with E-state index in [1.54, 1.807) is 0 Å². The minimum absolute atomic E-state index is 0.921. The van der Waals surface area contributed by atoms with Crippen molar-refractivity contribution >= 4 is 65.3 Å². The summed E-state index contributed by atoms with van der Waals surface area (Å²) in [5, 5.41) is 9.80. The van der Waals surface area contributed by atoms with Crippen LogP contribution in [0.25, 0.3) is 104 Å². The Hall–Kier alpha value is -6.12. The average molecular weight is 584 g/mol. The van der Waals surface area contributed by atoms with Gasteiger partial charge in [0.1, 0.15) is 11.2 Å². The molecule has 2 heterocycles. The van der Waals surface area contributed by atoms with Crippen molar-refractivity contribution in [2.75, 3.05) is 0 Å². The lowest BCUT2D eigenvalue weighted by Gasteiger charge is -2.13. The van der Waals surface area contributed by atoms with E-state index in [1.807, 2.05) is 0 Å². The molecule has 2 nitrogen and oxygen atoms in total. The standard InChI is InChI=1S/C44H25NO/c1-2-11-30-29(10-1)32-17-9-16-31-28(24-25-33(30)40(31)32)26-20-22-27(23-21-26)45-38-18-7-5-14-36(38)41-42-37-15-6-8-19-39(37)46-44(42)35-13-4-3-12-34(35)43(41)45/h1-25H. The molecule has 10 aromatic rings. The minimum Gasteiger partial charge on any atom is -0.455 e. The van der Waals surface area contributed by atoms with Crippen LogP contribution in [0.3, 0.4) is 0 Å². The van der Waals surface area contributed by atoms with Crippen LogP contribution in [0.15, 0.2) is 156 Å². The molecule has 2 aromatic heterocycles. The Morgan fingerprint density at radius 2 is 0.978 bits per heavy atom. The molecule has 0 amide bonds. The molecule has 0 radical (unpaired) electrons. The minimum atomic E-state index is 0.921. The molecule has 0 aliphatic heterocycles. The lowest BCUT2D eigenvalue weighted by atomic mass is 9.94. The molecule has 8 aromatic carbocycles. The van der Waals surface area contributed by atoms with Crippen LogP contribution in [0.2, 0.25) is 0 Å². The van der Waals surface area contributed by atoms with E-state index in [9.17, 15) is 0 Å². The SMILES string of the molecule is c1ccc2c(c1)-c1cccc3c(-c4ccc(-n5c6ccccc6c6c7c8ccccc8oc7c7ccccc7c65)cc4)ccc-2c13. The summed E-state index contributed by atoms with van der Waals surface area (Å²) >= 11 is 0. The van der Waals surface area contributed by atoms with Gasteiger partial charge in [-0.1, -0.05) is 127 Å². The first-order chi connectivity index (χ1) is 22.8. The van der Waals surface area contributed by atoms with Gasteiger partial charge >= 0.3 is 0 Å². The molecule has 212 valence electrons. The fourth-order valence-corrected chi connectivity index (χ4v) is 8.24. The van der Waals surface area contributed by atoms with E-state index in [1.165, 1.54) is 76.7 Å². The predicted molar refractivity (Wildman–Crippen MR) is 193 cm³/mol. The van der Waals surface area contributed by atoms with Crippen LogP contribution < -0.4 is 0 Å². The number of nitrogens with zero attached hydrogens (tertiary/aromatic N) is 1. The third kappa shape index (κ3) is 3.01. The molecule has 0 saturated heterocycles. The lowest BCUT2D eigenvalue weighted by Crippen LogP contribution is -1.95. The molecule has 46 heavy (non-hydrogen) atoms. The van der Waals surface area contributed by atoms with E-state index in [0.717, 1.165) is 27.6 Å². The van der Waals surface area contributed by atoms with Gasteiger partial charge in [0.15, 0.2) is 0 Å². The van der Waals surface area contributed by atoms with Crippen molar-refractivity contribution in [1.29, 1.82) is 0 Å². The number of furan rings is 1. The largest absolute Gasteiger partial charge is 0.455 e. The summed E-state index contributed by atoms with van der Waals surface area (Å²) in [4.78, 5) is 0. The van der Waals surface area contributed by atoms with Crippen molar-refractivity contribution in [3.05, 3.63) is 152 Å². The Balaban J connectivity index is 1.18. The first-order valence-corrected chi connectivity index (χ1v) is 15.9. The third-order valence-electron chi connectivity index (χ3n) is 10.1. The van der Waals surface area contributed by atoms with Gasteiger partial charge in [-0.3, -0.25) is 0 Å². The van der Waals surface area contributed by atoms with Crippen molar-refractivity contribution in [2.24, 2.45) is 0 Å². The zero-order valence-electron chi connectivity index (χ0n) is 24.8. The highest BCUT2D eigenvalue weighted by molar-refractivity contribution is 6.36. The summed E-state index contributed by atoms with van der Waals surface area (Å²) < 4.78 is 9.02. The maximum absolute atomic E-state index is 6.57. The van der Waals surface area contributed by atoms with Gasteiger partial charge in [0.25, 0.3) is 0 Å². The molecule has 0 spiro atoms. The Morgan fingerprint density at radius 1 is 0.370 bits per heavy atom. The monoisotopic (exact) mass is 583 g/mol. The van der Waals surface area contributed by atoms with Crippen molar-refractivity contribution in [3.63, 3.8) is 0 Å². The van der Waals surface area contributed by atoms with Crippen molar-refractivity contribution < 1.29 is 4.42 Å². The van der Waals surface area contributed by atoms with E-state index >= 15 is 0 Å². The molecular weight excluding hydrogens is 558 g/mol. The zero-order valence-corrected chi connectivity index (χ0v) is 24.8. The van der Waals surface area contributed by atoms with Gasteiger partial charge in [-0.15, -0.1) is 0 Å². The van der Waals surface area contributed by atoms with Gasteiger partial charge in [0, 0.05) is 38.0 Å². The molecule has 1 aliphatic rings. The number of para-hydroxylation sites is 2. The average Bonchev–Trinajstić information content (AvgIpc) is 3.78. The maximum atomic E-state index is 6.57. The van der Waals surface area contributed by atoms with E-state index in [0.29, 0.717) is 0 Å². The van der Waals surface area contributed by atoms with Gasteiger partial charge < -0.3 is 8.98 Å². The first-order valence-electron chi connectivity index (χ1n) is 15.9. The molecule has 1 aliphatic carbocycles. The number of rotatable bonds is 2. The van der Waals surface area contributed by atoms with Crippen molar-refractivity contribution in [3.8, 4) is 39.1 Å². The zero-order chi connectivity index (χ0) is 29.9. The van der Waals surface area contributed by atoms with Crippen molar-refractivity contribution in [2.45, 2.75) is 0 Å². The predicted octanol–water partition coefficient (Wildman–Crippen LogP) is 12.3. The van der Waals surface area contributed by atoms with Gasteiger partial charge in [0.05, 0.1) is 11.0 Å². The number of aromatic nitrogens is 1. The topological polar surface area (TPSA) is 18.1 Å². The number of fused-ring (bicyclic) bond motifs is 13. The fourth-order valence-electron chi connectivity index (χ4n) is 8.24. The fraction of sp³-hybridized carbons (Fsp3) is 0. The Kier molecular flexibility index (Phi) is 4.61. The maximum Gasteiger partial charge on any atom is 0.144 e. The van der Waals surface area contributed by atoms with Crippen molar-refractivity contribution in [1.82, 2.24) is 4.57 Å². The van der Waals surface area contributed by atoms with Gasteiger partial charge in [-0.2, -0.15) is 0 Å². The molecule has 0 bridgehead atoms. The van der Waals surface area contributed by atoms with Crippen LogP contribution in [-0.4, -0.2) is 4.57 Å². The van der Waals surface area contributed by atoms with Crippen LogP contribution in [-0.2, 0) is 0 Å². The molecule has 0 fully saturated rings. The van der Waals surface area contributed by atoms with Crippen LogP contribution in [0.5, 0.6) is 0 Å². The Morgan fingerprint density at radius 3 is 1.80 bits per heavy atom. The highest BCUT2D eigenvalue weighted by Gasteiger charge is 2.24. The normalized spacial score (nSPS) is 12.3. The number of hydrogen-bond donors (Lipinski definition) is 0. The van der Waals surface area contributed by atoms with Crippen LogP contribution in [0.1, 0.15) is 0 Å². The van der Waals surface area contributed by atoms with E-state index in [2.05, 4.69) is 156 Å². The van der Waals surface area contributed by atoms with Gasteiger partial charge in [0.2, 0.25) is 0 Å². The summed E-state index contributed by atoms with van der Waals surface area (Å²) in [6, 6.07) is 55.1. The molecule has 0 N–H and O–H groups in total. The Labute approximate surface area is 264 Å². The van der Waals surface area contributed by atoms with E-state index in [4.69, 9.17) is 4.42 Å². The van der Waals surface area contributed by atoms with Gasteiger partial charge in [-0.05, 0) is 68.4 Å². The second kappa shape index (κ2) is 8.74. The molecule has 0 atom stereocenters. The third-order valence-corrected chi connectivity index (χ3v) is 10.1. The molecule has 2 heteroatoms. The Bertz CT molecular complexity index is 2870. The first kappa shape index (κ1) is 24.2. The second-order valence-electron chi connectivity index (χ2n) is 12.4. The van der Waals surface area contributed by atoms with E-state index in [-0.39, 0.29) is 0 Å². The van der Waals surface area contributed by atoms with E-state index < -0.39 is 0 Å². The molecule has 11 rings (SSSR count). The second-order valence-corrected chi connectivity index (χ2v) is 12.4. The smallest absolute Gasteiger partial charge is 0.144 e. The number of hydrogen-bond acceptors (Lipinski definition) is 1. The molecule has 0 unspecified atom stereocenters. The summed E-state index contributed by atoms with van der Waals surface area (Å²) in [5.74, 6) is 0. The highest BCUT2D eigenvalue weighted by atomic mass is 16.3. The lowest BCUT2D eigenvalue weighted by molar-refractivity contribution is 0.673. The quantitative estimate of drug-likeness (QED) is 0.198. The summed E-state index contributed by atoms with van der Waals surface area (Å²) in [7, 11) is 0.